The normalized spacial score (nSPS) is 10.7. The highest BCUT2D eigenvalue weighted by atomic mass is 32.1. The Balaban J connectivity index is 1.86. The summed E-state index contributed by atoms with van der Waals surface area (Å²) in [6.07, 6.45) is 0.667. The molecule has 1 aromatic carbocycles. The summed E-state index contributed by atoms with van der Waals surface area (Å²) in [5, 5.41) is 14.2. The van der Waals surface area contributed by atoms with Gasteiger partial charge in [0.15, 0.2) is 0 Å². The van der Waals surface area contributed by atoms with Crippen molar-refractivity contribution in [3.05, 3.63) is 61.3 Å². The Morgan fingerprint density at radius 1 is 1.30 bits per heavy atom. The van der Waals surface area contributed by atoms with Gasteiger partial charge < -0.3 is 5.32 Å². The van der Waals surface area contributed by atoms with E-state index in [0.717, 1.165) is 18.7 Å². The summed E-state index contributed by atoms with van der Waals surface area (Å²) < 4.78 is 0. The summed E-state index contributed by atoms with van der Waals surface area (Å²) in [5.74, 6) is 0. The van der Waals surface area contributed by atoms with Crippen LogP contribution in [0.5, 0.6) is 0 Å². The first kappa shape index (κ1) is 14.7. The Bertz CT molecular complexity index is 588. The lowest BCUT2D eigenvalue weighted by Crippen LogP contribution is -2.16. The molecule has 0 fully saturated rings. The molecule has 1 heterocycles. The highest BCUT2D eigenvalue weighted by molar-refractivity contribution is 7.12. The van der Waals surface area contributed by atoms with Crippen molar-refractivity contribution in [2.45, 2.75) is 26.8 Å². The quantitative estimate of drug-likeness (QED) is 0.502. The summed E-state index contributed by atoms with van der Waals surface area (Å²) in [4.78, 5) is 13.2. The molecule has 4 nitrogen and oxygen atoms in total. The molecule has 0 atom stereocenters. The summed E-state index contributed by atoms with van der Waals surface area (Å²) in [5.41, 5.74) is 2.31. The van der Waals surface area contributed by atoms with E-state index in [4.69, 9.17) is 0 Å². The van der Waals surface area contributed by atoms with E-state index in [1.807, 2.05) is 12.1 Å². The van der Waals surface area contributed by atoms with Gasteiger partial charge in [0.2, 0.25) is 0 Å². The highest BCUT2D eigenvalue weighted by Crippen LogP contribution is 2.20. The van der Waals surface area contributed by atoms with E-state index in [0.29, 0.717) is 6.42 Å². The van der Waals surface area contributed by atoms with Gasteiger partial charge in [0.25, 0.3) is 5.69 Å². The van der Waals surface area contributed by atoms with E-state index in [9.17, 15) is 10.1 Å². The number of rotatable bonds is 6. The minimum absolute atomic E-state index is 0.206. The predicted octanol–water partition coefficient (Wildman–Crippen LogP) is 3.61. The molecule has 1 N–H and O–H groups in total. The van der Waals surface area contributed by atoms with Crippen LogP contribution in [-0.2, 0) is 13.0 Å². The fourth-order valence-electron chi connectivity index (χ4n) is 2.07. The Morgan fingerprint density at radius 2 is 2.05 bits per heavy atom. The zero-order chi connectivity index (χ0) is 14.5. The van der Waals surface area contributed by atoms with Gasteiger partial charge in [0, 0.05) is 27.9 Å². The van der Waals surface area contributed by atoms with Crippen molar-refractivity contribution >= 4 is 17.0 Å². The molecule has 1 aromatic heterocycles. The molecule has 0 amide bonds. The van der Waals surface area contributed by atoms with Crippen LogP contribution in [0.2, 0.25) is 0 Å². The first-order valence-corrected chi connectivity index (χ1v) is 7.38. The number of nitro groups is 1. The molecule has 0 aliphatic rings. The second-order valence-corrected chi connectivity index (χ2v) is 6.11. The Hall–Kier alpha value is -1.72. The van der Waals surface area contributed by atoms with Crippen LogP contribution < -0.4 is 5.32 Å². The number of nitro benzene ring substituents is 1. The maximum Gasteiger partial charge on any atom is 0.272 e. The predicted molar refractivity (Wildman–Crippen MR) is 82.3 cm³/mol. The minimum Gasteiger partial charge on any atom is -0.312 e. The van der Waals surface area contributed by atoms with E-state index < -0.39 is 0 Å². The monoisotopic (exact) mass is 290 g/mol. The van der Waals surface area contributed by atoms with Crippen molar-refractivity contribution in [3.8, 4) is 0 Å². The number of benzene rings is 1. The zero-order valence-corrected chi connectivity index (χ0v) is 12.5. The van der Waals surface area contributed by atoms with Crippen LogP contribution >= 0.6 is 11.3 Å². The van der Waals surface area contributed by atoms with Crippen molar-refractivity contribution in [2.24, 2.45) is 0 Å². The molecule has 0 aliphatic carbocycles. The van der Waals surface area contributed by atoms with Gasteiger partial charge in [0.05, 0.1) is 4.92 Å². The Morgan fingerprint density at radius 3 is 2.70 bits per heavy atom. The van der Waals surface area contributed by atoms with Gasteiger partial charge in [-0.25, -0.2) is 0 Å². The maximum absolute atomic E-state index is 10.9. The lowest BCUT2D eigenvalue weighted by molar-refractivity contribution is -0.385. The first-order chi connectivity index (χ1) is 9.58. The Labute approximate surface area is 122 Å². The van der Waals surface area contributed by atoms with Gasteiger partial charge in [-0.1, -0.05) is 18.2 Å². The van der Waals surface area contributed by atoms with Crippen molar-refractivity contribution in [1.29, 1.82) is 0 Å². The number of para-hydroxylation sites is 1. The number of thiophene rings is 1. The minimum atomic E-state index is -0.318. The number of aryl methyl sites for hydroxylation is 2. The smallest absolute Gasteiger partial charge is 0.272 e. The molecule has 2 rings (SSSR count). The van der Waals surface area contributed by atoms with Crippen molar-refractivity contribution < 1.29 is 4.92 Å². The molecule has 0 saturated carbocycles. The van der Waals surface area contributed by atoms with Gasteiger partial charge in [-0.2, -0.15) is 0 Å². The number of nitrogens with zero attached hydrogens (tertiary/aromatic N) is 1. The van der Waals surface area contributed by atoms with Crippen LogP contribution in [0.25, 0.3) is 0 Å². The summed E-state index contributed by atoms with van der Waals surface area (Å²) in [6.45, 7) is 5.79. The van der Waals surface area contributed by atoms with E-state index in [-0.39, 0.29) is 10.6 Å². The van der Waals surface area contributed by atoms with Crippen molar-refractivity contribution in [1.82, 2.24) is 5.32 Å². The maximum atomic E-state index is 10.9. The van der Waals surface area contributed by atoms with Gasteiger partial charge in [0.1, 0.15) is 0 Å². The molecule has 0 radical (unpaired) electrons. The van der Waals surface area contributed by atoms with Gasteiger partial charge in [-0.3, -0.25) is 10.1 Å². The number of nitrogens with one attached hydrogen (secondary N) is 1. The second kappa shape index (κ2) is 6.63. The summed E-state index contributed by atoms with van der Waals surface area (Å²) in [7, 11) is 0. The van der Waals surface area contributed by atoms with Crippen molar-refractivity contribution in [2.75, 3.05) is 6.54 Å². The topological polar surface area (TPSA) is 55.2 Å². The van der Waals surface area contributed by atoms with Crippen LogP contribution in [0.4, 0.5) is 5.69 Å². The fourth-order valence-corrected chi connectivity index (χ4v) is 3.09. The fraction of sp³-hybridized carbons (Fsp3) is 0.333. The molecule has 20 heavy (non-hydrogen) atoms. The molecule has 0 unspecified atom stereocenters. The lowest BCUT2D eigenvalue weighted by Gasteiger charge is -2.04. The molecule has 0 bridgehead atoms. The van der Waals surface area contributed by atoms with Gasteiger partial charge in [-0.05, 0) is 38.4 Å². The molecular formula is C15H18N2O2S. The number of hydrogen-bond acceptors (Lipinski definition) is 4. The van der Waals surface area contributed by atoms with Gasteiger partial charge >= 0.3 is 0 Å². The van der Waals surface area contributed by atoms with Crippen LogP contribution in [0, 0.1) is 24.0 Å². The highest BCUT2D eigenvalue weighted by Gasteiger charge is 2.11. The molecule has 0 aliphatic heterocycles. The molecule has 0 spiro atoms. The molecule has 2 aromatic rings. The third-order valence-corrected chi connectivity index (χ3v) is 4.43. The van der Waals surface area contributed by atoms with E-state index in [1.54, 1.807) is 23.5 Å². The number of hydrogen-bond donors (Lipinski definition) is 1. The SMILES string of the molecule is Cc1cc(CNCCc2ccccc2[N+](=O)[O-])sc1C. The molecule has 0 saturated heterocycles. The first-order valence-electron chi connectivity index (χ1n) is 6.57. The molecule has 106 valence electrons. The van der Waals surface area contributed by atoms with E-state index in [1.165, 1.54) is 15.3 Å². The summed E-state index contributed by atoms with van der Waals surface area (Å²) >= 11 is 1.80. The third-order valence-electron chi connectivity index (χ3n) is 3.28. The standard InChI is InChI=1S/C15H18N2O2S/c1-11-9-14(20-12(11)2)10-16-8-7-13-5-3-4-6-15(13)17(18)19/h3-6,9,16H,7-8,10H2,1-2H3. The average molecular weight is 290 g/mol. The van der Waals surface area contributed by atoms with E-state index in [2.05, 4.69) is 25.2 Å². The van der Waals surface area contributed by atoms with Crippen LogP contribution in [0.1, 0.15) is 20.9 Å². The molecular weight excluding hydrogens is 272 g/mol. The van der Waals surface area contributed by atoms with E-state index >= 15 is 0 Å². The Kier molecular flexibility index (Phi) is 4.87. The largest absolute Gasteiger partial charge is 0.312 e. The van der Waals surface area contributed by atoms with Crippen LogP contribution in [-0.4, -0.2) is 11.5 Å². The second-order valence-electron chi connectivity index (χ2n) is 4.76. The van der Waals surface area contributed by atoms with Crippen molar-refractivity contribution in [3.63, 3.8) is 0 Å². The average Bonchev–Trinajstić information content (AvgIpc) is 2.74. The van der Waals surface area contributed by atoms with Crippen LogP contribution in [0.3, 0.4) is 0 Å². The van der Waals surface area contributed by atoms with Gasteiger partial charge in [-0.15, -0.1) is 11.3 Å². The summed E-state index contributed by atoms with van der Waals surface area (Å²) in [6, 6.07) is 9.11. The zero-order valence-electron chi connectivity index (χ0n) is 11.7. The van der Waals surface area contributed by atoms with Crippen LogP contribution in [0.15, 0.2) is 30.3 Å². The lowest BCUT2D eigenvalue weighted by atomic mass is 10.1. The third kappa shape index (κ3) is 3.65. The molecule has 5 heteroatoms.